The van der Waals surface area contributed by atoms with Gasteiger partial charge in [-0.2, -0.15) is 0 Å². The quantitative estimate of drug-likeness (QED) is 0.760. The van der Waals surface area contributed by atoms with E-state index < -0.39 is 12.4 Å². The molecule has 2 rings (SSSR count). The lowest BCUT2D eigenvalue weighted by molar-refractivity contribution is 0.141. The second-order valence-corrected chi connectivity index (χ2v) is 4.20. The summed E-state index contributed by atoms with van der Waals surface area (Å²) >= 11 is 0. The molecule has 94 valence electrons. The van der Waals surface area contributed by atoms with E-state index in [1.165, 1.54) is 19.1 Å². The van der Waals surface area contributed by atoms with Crippen LogP contribution in [-0.2, 0) is 4.74 Å². The van der Waals surface area contributed by atoms with Gasteiger partial charge in [-0.05, 0) is 19.1 Å². The molecule has 1 saturated heterocycles. The summed E-state index contributed by atoms with van der Waals surface area (Å²) in [4.78, 5) is 0. The van der Waals surface area contributed by atoms with Gasteiger partial charge in [-0.1, -0.05) is 11.6 Å². The minimum absolute atomic E-state index is 0.0448. The van der Waals surface area contributed by atoms with Crippen LogP contribution >= 0.6 is 0 Å². The Balaban J connectivity index is 2.13. The van der Waals surface area contributed by atoms with Gasteiger partial charge in [-0.3, -0.25) is 0 Å². The Bertz CT molecular complexity index is 400. The number of halogens is 3. The van der Waals surface area contributed by atoms with Crippen molar-refractivity contribution in [3.8, 4) is 5.75 Å². The molecule has 0 aliphatic carbocycles. The van der Waals surface area contributed by atoms with Gasteiger partial charge in [0.25, 0.3) is 0 Å². The molecule has 1 atom stereocenters. The first kappa shape index (κ1) is 12.3. The minimum Gasteiger partial charge on any atom is -0.488 e. The average molecular weight is 245 g/mol. The van der Waals surface area contributed by atoms with Crippen LogP contribution in [0.4, 0.5) is 12.9 Å². The maximum atomic E-state index is 12.6. The topological polar surface area (TPSA) is 18.5 Å². The van der Waals surface area contributed by atoms with Gasteiger partial charge in [0, 0.05) is 6.42 Å². The van der Waals surface area contributed by atoms with Gasteiger partial charge in [0.2, 0.25) is 0 Å². The van der Waals surface area contributed by atoms with Gasteiger partial charge in [0.1, 0.15) is 11.9 Å². The third-order valence-corrected chi connectivity index (χ3v) is 2.78. The van der Waals surface area contributed by atoms with Crippen molar-refractivity contribution in [3.05, 3.63) is 23.8 Å². The molecule has 0 saturated carbocycles. The highest BCUT2D eigenvalue weighted by Gasteiger charge is 2.27. The molecule has 6 heteroatoms. The van der Waals surface area contributed by atoms with Crippen LogP contribution < -0.4 is 10.2 Å². The highest BCUT2D eigenvalue weighted by atomic mass is 19.4. The highest BCUT2D eigenvalue weighted by molar-refractivity contribution is 6.74. The Kier molecular flexibility index (Phi) is 3.33. The van der Waals surface area contributed by atoms with E-state index in [-0.39, 0.29) is 11.7 Å². The second kappa shape index (κ2) is 4.60. The Morgan fingerprint density at radius 2 is 2.12 bits per heavy atom. The fourth-order valence-corrected chi connectivity index (χ4v) is 1.89. The number of hydrogen-bond acceptors (Lipinski definition) is 2. The fraction of sp³-hybridized carbons (Fsp3) is 0.455. The second-order valence-electron chi connectivity index (χ2n) is 4.20. The predicted molar refractivity (Wildman–Crippen MR) is 59.7 cm³/mol. The molecule has 1 fully saturated rings. The average Bonchev–Trinajstić information content (AvgIpc) is 2.68. The third kappa shape index (κ3) is 2.94. The summed E-state index contributed by atoms with van der Waals surface area (Å²) in [7, 11) is 0. The van der Waals surface area contributed by atoms with Crippen molar-refractivity contribution in [2.24, 2.45) is 0 Å². The number of benzene rings is 1. The van der Waals surface area contributed by atoms with Crippen molar-refractivity contribution in [1.29, 1.82) is 0 Å². The Morgan fingerprint density at radius 3 is 2.65 bits per heavy atom. The van der Waals surface area contributed by atoms with Crippen molar-refractivity contribution in [2.45, 2.75) is 19.4 Å². The monoisotopic (exact) mass is 245 g/mol. The first-order valence-electron chi connectivity index (χ1n) is 5.52. The molecule has 2 nitrogen and oxygen atoms in total. The van der Waals surface area contributed by atoms with Crippen LogP contribution in [0.25, 0.3) is 0 Å². The van der Waals surface area contributed by atoms with Gasteiger partial charge in [-0.15, -0.1) is 5.46 Å². The third-order valence-electron chi connectivity index (χ3n) is 2.78. The molecule has 1 heterocycles. The molecule has 0 N–H and O–H groups in total. The number of ether oxygens (including phenoxy) is 2. The van der Waals surface area contributed by atoms with Crippen molar-refractivity contribution < 1.29 is 22.4 Å². The molecule has 1 aliphatic heterocycles. The van der Waals surface area contributed by atoms with E-state index in [1.54, 1.807) is 0 Å². The fourth-order valence-electron chi connectivity index (χ4n) is 1.89. The summed E-state index contributed by atoms with van der Waals surface area (Å²) in [5.41, 5.74) is -0.353. The zero-order valence-corrected chi connectivity index (χ0v) is 9.46. The lowest BCUT2D eigenvalue weighted by atomic mass is 9.77. The molecule has 17 heavy (non-hydrogen) atoms. The molecule has 1 aliphatic rings. The lowest BCUT2D eigenvalue weighted by Crippen LogP contribution is -2.36. The van der Waals surface area contributed by atoms with Gasteiger partial charge in [0.15, 0.2) is 0 Å². The molecule has 1 aromatic carbocycles. The van der Waals surface area contributed by atoms with Crippen molar-refractivity contribution >= 4 is 12.4 Å². The minimum atomic E-state index is -4.94. The molecule has 1 aromatic rings. The van der Waals surface area contributed by atoms with E-state index in [4.69, 9.17) is 9.47 Å². The molecule has 0 bridgehead atoms. The van der Waals surface area contributed by atoms with E-state index in [1.807, 2.05) is 0 Å². The van der Waals surface area contributed by atoms with E-state index >= 15 is 0 Å². The maximum absolute atomic E-state index is 12.6. The Morgan fingerprint density at radius 1 is 1.35 bits per heavy atom. The van der Waals surface area contributed by atoms with E-state index in [9.17, 15) is 12.9 Å². The molecule has 0 radical (unpaired) electrons. The van der Waals surface area contributed by atoms with Gasteiger partial charge >= 0.3 is 6.98 Å². The van der Waals surface area contributed by atoms with Crippen molar-refractivity contribution in [1.82, 2.24) is 0 Å². The Labute approximate surface area is 97.8 Å². The summed E-state index contributed by atoms with van der Waals surface area (Å²) in [5, 5.41) is 0. The normalized spacial score (nSPS) is 20.6. The molecular weight excluding hydrogens is 232 g/mol. The predicted octanol–water partition coefficient (Wildman–Crippen LogP) is 2.22. The van der Waals surface area contributed by atoms with Crippen LogP contribution in [0.15, 0.2) is 18.2 Å². The summed E-state index contributed by atoms with van der Waals surface area (Å²) < 4.78 is 48.4. The summed E-state index contributed by atoms with van der Waals surface area (Å²) in [6, 6.07) is 3.89. The first-order chi connectivity index (χ1) is 7.97. The van der Waals surface area contributed by atoms with Crippen molar-refractivity contribution in [3.63, 3.8) is 0 Å². The number of aryl methyl sites for hydroxylation is 1. The smallest absolute Gasteiger partial charge is 0.488 e. The molecule has 0 spiro atoms. The van der Waals surface area contributed by atoms with E-state index in [0.717, 1.165) is 12.5 Å². The first-order valence-corrected chi connectivity index (χ1v) is 5.52. The number of rotatable bonds is 3. The largest absolute Gasteiger partial charge is 0.509 e. The van der Waals surface area contributed by atoms with Crippen LogP contribution in [-0.4, -0.2) is 26.3 Å². The lowest BCUT2D eigenvalue weighted by Gasteiger charge is -2.19. The molecule has 1 unspecified atom stereocenters. The van der Waals surface area contributed by atoms with Crippen LogP contribution in [0.2, 0.25) is 0 Å². The molecule has 0 aromatic heterocycles. The maximum Gasteiger partial charge on any atom is 0.509 e. The standard InChI is InChI=1S/C11H13BF3O2/c1-8-6-9(17-10-4-5-16-7-10)2-3-11(8)12(13,14)15/h2-3,6,10H,4-5,7H2,1H3/q-1. The van der Waals surface area contributed by atoms with Crippen LogP contribution in [0.3, 0.4) is 0 Å². The summed E-state index contributed by atoms with van der Waals surface area (Å²) in [6.45, 7) is -2.35. The zero-order chi connectivity index (χ0) is 12.5. The highest BCUT2D eigenvalue weighted by Crippen LogP contribution is 2.20. The van der Waals surface area contributed by atoms with Gasteiger partial charge < -0.3 is 22.4 Å². The SMILES string of the molecule is Cc1cc(OC2CCOC2)ccc1[B-](F)(F)F. The Hall–Kier alpha value is -1.17. The van der Waals surface area contributed by atoms with Crippen LogP contribution in [0, 0.1) is 6.92 Å². The molecule has 0 amide bonds. The molecular formula is C11H13BF3O2-. The van der Waals surface area contributed by atoms with E-state index in [0.29, 0.717) is 19.0 Å². The summed E-state index contributed by atoms with van der Waals surface area (Å²) in [6.07, 6.45) is 0.737. The zero-order valence-electron chi connectivity index (χ0n) is 9.46. The van der Waals surface area contributed by atoms with Gasteiger partial charge in [-0.25, -0.2) is 0 Å². The summed E-state index contributed by atoms with van der Waals surface area (Å²) in [5.74, 6) is 0.474. The van der Waals surface area contributed by atoms with Crippen LogP contribution in [0.5, 0.6) is 5.75 Å². The van der Waals surface area contributed by atoms with E-state index in [2.05, 4.69) is 0 Å². The van der Waals surface area contributed by atoms with Crippen molar-refractivity contribution in [2.75, 3.05) is 13.2 Å². The van der Waals surface area contributed by atoms with Crippen LogP contribution in [0.1, 0.15) is 12.0 Å². The number of hydrogen-bond donors (Lipinski definition) is 0. The van der Waals surface area contributed by atoms with Gasteiger partial charge in [0.05, 0.1) is 13.2 Å².